The summed E-state index contributed by atoms with van der Waals surface area (Å²) in [5.74, 6) is 0.387. The fourth-order valence-electron chi connectivity index (χ4n) is 3.24. The molecule has 1 fully saturated rings. The van der Waals surface area contributed by atoms with E-state index in [1.54, 1.807) is 6.07 Å². The molecule has 1 saturated heterocycles. The Morgan fingerprint density at radius 1 is 1.33 bits per heavy atom. The summed E-state index contributed by atoms with van der Waals surface area (Å²) in [7, 11) is 2.25. The highest BCUT2D eigenvalue weighted by Gasteiger charge is 2.22. The van der Waals surface area contributed by atoms with Crippen molar-refractivity contribution in [3.63, 3.8) is 0 Å². The van der Waals surface area contributed by atoms with Crippen LogP contribution in [0.3, 0.4) is 0 Å². The second-order valence-corrected chi connectivity index (χ2v) is 5.70. The molecule has 0 radical (unpaired) electrons. The van der Waals surface area contributed by atoms with E-state index in [1.807, 2.05) is 12.1 Å². The van der Waals surface area contributed by atoms with Crippen molar-refractivity contribution in [3.8, 4) is 5.75 Å². The van der Waals surface area contributed by atoms with Gasteiger partial charge in [0.1, 0.15) is 5.75 Å². The van der Waals surface area contributed by atoms with Crippen molar-refractivity contribution in [3.05, 3.63) is 34.9 Å². The lowest BCUT2D eigenvalue weighted by atomic mass is 9.95. The molecule has 1 heterocycles. The van der Waals surface area contributed by atoms with Gasteiger partial charge in [-0.1, -0.05) is 24.1 Å². The Hall–Kier alpha value is -1.28. The molecule has 1 N–H and O–H groups in total. The Morgan fingerprint density at radius 3 is 3.06 bits per heavy atom. The van der Waals surface area contributed by atoms with Gasteiger partial charge in [-0.15, -0.1) is 0 Å². The molecule has 0 aromatic heterocycles. The topological polar surface area (TPSA) is 23.5 Å². The molecule has 3 rings (SSSR count). The molecule has 1 aliphatic heterocycles. The number of fused-ring (bicyclic) bond motifs is 1. The highest BCUT2D eigenvalue weighted by Crippen LogP contribution is 2.32. The number of aromatic hydroxyl groups is 1. The predicted octanol–water partition coefficient (Wildman–Crippen LogP) is 3.21. The molecule has 1 aromatic rings. The van der Waals surface area contributed by atoms with Crippen molar-refractivity contribution in [1.29, 1.82) is 0 Å². The lowest BCUT2D eigenvalue weighted by Gasteiger charge is -2.32. The number of likely N-dealkylation sites (tertiary alicyclic amines) is 1. The van der Waals surface area contributed by atoms with E-state index in [4.69, 9.17) is 0 Å². The first-order valence-corrected chi connectivity index (χ1v) is 6.94. The first-order valence-electron chi connectivity index (χ1n) is 6.94. The average molecular weight is 243 g/mol. The largest absolute Gasteiger partial charge is 0.508 e. The summed E-state index contributed by atoms with van der Waals surface area (Å²) in [4.78, 5) is 2.50. The molecule has 0 bridgehead atoms. The third-order valence-corrected chi connectivity index (χ3v) is 4.32. The van der Waals surface area contributed by atoms with Gasteiger partial charge in [0.05, 0.1) is 0 Å². The van der Waals surface area contributed by atoms with Crippen molar-refractivity contribution in [1.82, 2.24) is 4.90 Å². The Balaban J connectivity index is 1.69. The smallest absolute Gasteiger partial charge is 0.115 e. The van der Waals surface area contributed by atoms with Gasteiger partial charge in [0.25, 0.3) is 0 Å². The number of hydrogen-bond donors (Lipinski definition) is 1. The number of nitrogens with zero attached hydrogens (tertiary/aromatic N) is 1. The summed E-state index contributed by atoms with van der Waals surface area (Å²) in [6, 6.07) is 6.43. The summed E-state index contributed by atoms with van der Waals surface area (Å²) in [6.45, 7) is 1.24. The second kappa shape index (κ2) is 4.77. The highest BCUT2D eigenvalue weighted by molar-refractivity contribution is 5.64. The van der Waals surface area contributed by atoms with Gasteiger partial charge in [-0.3, -0.25) is 0 Å². The number of phenols is 1. The molecule has 1 unspecified atom stereocenters. The zero-order chi connectivity index (χ0) is 12.5. The standard InChI is InChI=1S/C16H21NO/c1-17-7-3-2-4-15(17)10-12-8-13-5-6-16(18)11-14(13)9-12/h5-6,8,11,15,18H,2-4,7,9-10H2,1H3. The van der Waals surface area contributed by atoms with E-state index in [-0.39, 0.29) is 0 Å². The van der Waals surface area contributed by atoms with Crippen molar-refractivity contribution >= 4 is 6.08 Å². The van der Waals surface area contributed by atoms with Gasteiger partial charge in [0.2, 0.25) is 0 Å². The van der Waals surface area contributed by atoms with E-state index in [0.717, 1.165) is 6.42 Å². The SMILES string of the molecule is CN1CCCCC1CC1=Cc2ccc(O)cc2C1. The normalized spacial score (nSPS) is 23.8. The number of benzene rings is 1. The predicted molar refractivity (Wildman–Crippen MR) is 74.7 cm³/mol. The van der Waals surface area contributed by atoms with Gasteiger partial charge < -0.3 is 10.0 Å². The van der Waals surface area contributed by atoms with Crippen LogP contribution in [-0.4, -0.2) is 29.6 Å². The number of phenolic OH excluding ortho intramolecular Hbond substituents is 1. The minimum Gasteiger partial charge on any atom is -0.508 e. The van der Waals surface area contributed by atoms with Crippen LogP contribution in [0.25, 0.3) is 6.08 Å². The monoisotopic (exact) mass is 243 g/mol. The maximum Gasteiger partial charge on any atom is 0.115 e. The third kappa shape index (κ3) is 2.30. The highest BCUT2D eigenvalue weighted by atomic mass is 16.3. The third-order valence-electron chi connectivity index (χ3n) is 4.32. The first-order chi connectivity index (χ1) is 8.72. The van der Waals surface area contributed by atoms with Crippen LogP contribution in [-0.2, 0) is 6.42 Å². The summed E-state index contributed by atoms with van der Waals surface area (Å²) in [5.41, 5.74) is 4.10. The van der Waals surface area contributed by atoms with Gasteiger partial charge in [-0.25, -0.2) is 0 Å². The Labute approximate surface area is 109 Å². The molecule has 2 aliphatic rings. The number of rotatable bonds is 2. The van der Waals surface area contributed by atoms with Crippen LogP contribution < -0.4 is 0 Å². The molecular weight excluding hydrogens is 222 g/mol. The van der Waals surface area contributed by atoms with E-state index in [9.17, 15) is 5.11 Å². The zero-order valence-corrected chi connectivity index (χ0v) is 11.0. The molecular formula is C16H21NO. The summed E-state index contributed by atoms with van der Waals surface area (Å²) < 4.78 is 0. The molecule has 2 heteroatoms. The van der Waals surface area contributed by atoms with E-state index in [1.165, 1.54) is 48.9 Å². The molecule has 18 heavy (non-hydrogen) atoms. The van der Waals surface area contributed by atoms with Crippen LogP contribution in [0.15, 0.2) is 23.8 Å². The van der Waals surface area contributed by atoms with Crippen LogP contribution in [0, 0.1) is 0 Å². The molecule has 0 amide bonds. The van der Waals surface area contributed by atoms with E-state index in [2.05, 4.69) is 18.0 Å². The van der Waals surface area contributed by atoms with Crippen LogP contribution >= 0.6 is 0 Å². The fraction of sp³-hybridized carbons (Fsp3) is 0.500. The van der Waals surface area contributed by atoms with Gasteiger partial charge in [0, 0.05) is 6.04 Å². The second-order valence-electron chi connectivity index (χ2n) is 5.70. The molecule has 1 aliphatic carbocycles. The Morgan fingerprint density at radius 2 is 2.22 bits per heavy atom. The summed E-state index contributed by atoms with van der Waals surface area (Å²) in [5, 5.41) is 9.51. The molecule has 96 valence electrons. The average Bonchev–Trinajstić information content (AvgIpc) is 2.73. The van der Waals surface area contributed by atoms with Crippen molar-refractivity contribution in [2.75, 3.05) is 13.6 Å². The van der Waals surface area contributed by atoms with Crippen molar-refractivity contribution < 1.29 is 5.11 Å². The van der Waals surface area contributed by atoms with Gasteiger partial charge in [-0.2, -0.15) is 0 Å². The van der Waals surface area contributed by atoms with Gasteiger partial charge in [-0.05, 0) is 62.5 Å². The van der Waals surface area contributed by atoms with Crippen molar-refractivity contribution in [2.45, 2.75) is 38.1 Å². The minimum absolute atomic E-state index is 0.387. The van der Waals surface area contributed by atoms with E-state index in [0.29, 0.717) is 11.8 Å². The lowest BCUT2D eigenvalue weighted by Crippen LogP contribution is -2.36. The number of piperidine rings is 1. The van der Waals surface area contributed by atoms with E-state index >= 15 is 0 Å². The van der Waals surface area contributed by atoms with Gasteiger partial charge >= 0.3 is 0 Å². The van der Waals surface area contributed by atoms with Gasteiger partial charge in [0.15, 0.2) is 0 Å². The van der Waals surface area contributed by atoms with Crippen LogP contribution in [0.5, 0.6) is 5.75 Å². The molecule has 2 nitrogen and oxygen atoms in total. The summed E-state index contributed by atoms with van der Waals surface area (Å²) >= 11 is 0. The number of hydrogen-bond acceptors (Lipinski definition) is 2. The lowest BCUT2D eigenvalue weighted by molar-refractivity contribution is 0.184. The van der Waals surface area contributed by atoms with E-state index < -0.39 is 0 Å². The Bertz CT molecular complexity index is 478. The Kier molecular flexibility index (Phi) is 3.13. The van der Waals surface area contributed by atoms with Crippen LogP contribution in [0.1, 0.15) is 36.8 Å². The molecule has 0 spiro atoms. The minimum atomic E-state index is 0.387. The van der Waals surface area contributed by atoms with Crippen LogP contribution in [0.4, 0.5) is 0 Å². The molecule has 1 aromatic carbocycles. The molecule has 1 atom stereocenters. The summed E-state index contributed by atoms with van der Waals surface area (Å²) in [6.07, 6.45) is 8.57. The maximum absolute atomic E-state index is 9.51. The quantitative estimate of drug-likeness (QED) is 0.862. The first kappa shape index (κ1) is 11.8. The maximum atomic E-state index is 9.51. The molecule has 0 saturated carbocycles. The van der Waals surface area contributed by atoms with Crippen molar-refractivity contribution in [2.24, 2.45) is 0 Å². The zero-order valence-electron chi connectivity index (χ0n) is 11.0. The van der Waals surface area contributed by atoms with Crippen LogP contribution in [0.2, 0.25) is 0 Å². The fourth-order valence-corrected chi connectivity index (χ4v) is 3.24.